The summed E-state index contributed by atoms with van der Waals surface area (Å²) in [6.07, 6.45) is 4.07. The van der Waals surface area contributed by atoms with Crippen molar-refractivity contribution in [1.82, 2.24) is 4.31 Å². The van der Waals surface area contributed by atoms with Gasteiger partial charge < -0.3 is 5.32 Å². The molecule has 2 aromatic rings. The van der Waals surface area contributed by atoms with E-state index in [9.17, 15) is 13.2 Å². The van der Waals surface area contributed by atoms with E-state index in [1.807, 2.05) is 37.3 Å². The minimum atomic E-state index is -3.50. The Morgan fingerprint density at radius 1 is 1.07 bits per heavy atom. The van der Waals surface area contributed by atoms with Crippen molar-refractivity contribution in [2.45, 2.75) is 31.1 Å². The average molecular weight is 385 g/mol. The lowest BCUT2D eigenvalue weighted by atomic mass is 10.0. The third kappa shape index (κ3) is 4.64. The second kappa shape index (κ2) is 8.50. The molecule has 0 unspecified atom stereocenters. The first kappa shape index (κ1) is 19.3. The molecule has 0 radical (unpaired) electrons. The maximum absolute atomic E-state index is 12.7. The number of benzene rings is 2. The Labute approximate surface area is 160 Å². The third-order valence-electron chi connectivity index (χ3n) is 4.64. The molecule has 0 aromatic heterocycles. The summed E-state index contributed by atoms with van der Waals surface area (Å²) in [6.45, 7) is 3.10. The predicted molar refractivity (Wildman–Crippen MR) is 108 cm³/mol. The first-order valence-electron chi connectivity index (χ1n) is 9.18. The zero-order valence-electron chi connectivity index (χ0n) is 15.4. The lowest BCUT2D eigenvalue weighted by Crippen LogP contribution is -2.27. The van der Waals surface area contributed by atoms with Gasteiger partial charge in [0.25, 0.3) is 0 Å². The number of hydrogen-bond acceptors (Lipinski definition) is 3. The Morgan fingerprint density at radius 2 is 1.78 bits per heavy atom. The van der Waals surface area contributed by atoms with Gasteiger partial charge in [0.05, 0.1) is 4.90 Å². The summed E-state index contributed by atoms with van der Waals surface area (Å²) in [5.74, 6) is -0.272. The highest BCUT2D eigenvalue weighted by Crippen LogP contribution is 2.23. The Bertz CT molecular complexity index is 931. The smallest absolute Gasteiger partial charge is 0.248 e. The predicted octanol–water partition coefficient (Wildman–Crippen LogP) is 3.90. The van der Waals surface area contributed by atoms with E-state index in [1.165, 1.54) is 10.4 Å². The van der Waals surface area contributed by atoms with Crippen LogP contribution in [0.4, 0.5) is 5.69 Å². The van der Waals surface area contributed by atoms with Crippen molar-refractivity contribution in [3.05, 3.63) is 66.2 Å². The summed E-state index contributed by atoms with van der Waals surface area (Å²) in [6, 6.07) is 16.2. The van der Waals surface area contributed by atoms with Gasteiger partial charge in [-0.1, -0.05) is 43.3 Å². The van der Waals surface area contributed by atoms with Crippen LogP contribution in [0.3, 0.4) is 0 Å². The van der Waals surface area contributed by atoms with Crippen LogP contribution < -0.4 is 5.32 Å². The molecule has 1 heterocycles. The Morgan fingerprint density at radius 3 is 2.44 bits per heavy atom. The highest BCUT2D eigenvalue weighted by molar-refractivity contribution is 7.89. The lowest BCUT2D eigenvalue weighted by molar-refractivity contribution is -0.111. The maximum atomic E-state index is 12.7. The normalized spacial score (nSPS) is 15.7. The van der Waals surface area contributed by atoms with E-state index in [2.05, 4.69) is 5.32 Å². The standard InChI is InChI=1S/C21H24N2O3S/c1-2-17(18-9-4-3-5-10-18)15-21(24)22-19-11-8-12-20(16-19)27(25,26)23-13-6-7-14-23/h3-5,8-12,15-16H,2,6-7,13-14H2,1H3,(H,22,24)/b17-15+. The molecule has 1 aliphatic heterocycles. The van der Waals surface area contributed by atoms with Gasteiger partial charge in [0.15, 0.2) is 0 Å². The van der Waals surface area contributed by atoms with Crippen LogP contribution in [0, 0.1) is 0 Å². The Kier molecular flexibility index (Phi) is 6.08. The molecule has 3 rings (SSSR count). The number of allylic oxidation sites excluding steroid dienone is 1. The van der Waals surface area contributed by atoms with Gasteiger partial charge in [-0.15, -0.1) is 0 Å². The van der Waals surface area contributed by atoms with Crippen LogP contribution in [0.1, 0.15) is 31.7 Å². The number of rotatable bonds is 6. The first-order valence-corrected chi connectivity index (χ1v) is 10.6. The Hall–Kier alpha value is -2.44. The van der Waals surface area contributed by atoms with Gasteiger partial charge in [-0.25, -0.2) is 8.42 Å². The van der Waals surface area contributed by atoms with Gasteiger partial charge in [0.2, 0.25) is 15.9 Å². The second-order valence-electron chi connectivity index (χ2n) is 6.52. The highest BCUT2D eigenvalue weighted by Gasteiger charge is 2.27. The van der Waals surface area contributed by atoms with Gasteiger partial charge >= 0.3 is 0 Å². The fourth-order valence-corrected chi connectivity index (χ4v) is 4.75. The van der Waals surface area contributed by atoms with E-state index < -0.39 is 10.0 Å². The second-order valence-corrected chi connectivity index (χ2v) is 8.46. The van der Waals surface area contributed by atoms with Gasteiger partial charge in [-0.3, -0.25) is 4.79 Å². The van der Waals surface area contributed by atoms with Crippen molar-refractivity contribution in [2.75, 3.05) is 18.4 Å². The molecule has 0 atom stereocenters. The fourth-order valence-electron chi connectivity index (χ4n) is 3.19. The summed E-state index contributed by atoms with van der Waals surface area (Å²) in [5.41, 5.74) is 2.40. The number of amides is 1. The molecule has 0 spiro atoms. The van der Waals surface area contributed by atoms with E-state index in [-0.39, 0.29) is 10.8 Å². The minimum Gasteiger partial charge on any atom is -0.322 e. The van der Waals surface area contributed by atoms with Gasteiger partial charge in [0.1, 0.15) is 0 Å². The molecule has 0 aliphatic carbocycles. The molecule has 0 saturated carbocycles. The minimum absolute atomic E-state index is 0.213. The molecular formula is C21H24N2O3S. The van der Waals surface area contributed by atoms with Crippen LogP contribution in [0.25, 0.3) is 5.57 Å². The molecular weight excluding hydrogens is 360 g/mol. The van der Waals surface area contributed by atoms with Crippen LogP contribution in [0.15, 0.2) is 65.6 Å². The van der Waals surface area contributed by atoms with Crippen LogP contribution >= 0.6 is 0 Å². The zero-order valence-corrected chi connectivity index (χ0v) is 16.2. The third-order valence-corrected chi connectivity index (χ3v) is 6.53. The molecule has 1 aliphatic rings. The van der Waals surface area contributed by atoms with E-state index in [4.69, 9.17) is 0 Å². The summed E-state index contributed by atoms with van der Waals surface area (Å²) in [7, 11) is -3.50. The highest BCUT2D eigenvalue weighted by atomic mass is 32.2. The van der Waals surface area contributed by atoms with E-state index in [0.717, 1.165) is 30.4 Å². The molecule has 27 heavy (non-hydrogen) atoms. The van der Waals surface area contributed by atoms with Gasteiger partial charge in [-0.2, -0.15) is 4.31 Å². The molecule has 5 nitrogen and oxygen atoms in total. The van der Waals surface area contributed by atoms with E-state index in [1.54, 1.807) is 24.3 Å². The monoisotopic (exact) mass is 384 g/mol. The quantitative estimate of drug-likeness (QED) is 0.768. The summed E-state index contributed by atoms with van der Waals surface area (Å²) in [5, 5.41) is 2.78. The van der Waals surface area contributed by atoms with Crippen LogP contribution in [-0.2, 0) is 14.8 Å². The molecule has 142 valence electrons. The Balaban J connectivity index is 1.78. The number of hydrogen-bond donors (Lipinski definition) is 1. The van der Waals surface area contributed by atoms with Crippen molar-refractivity contribution < 1.29 is 13.2 Å². The first-order chi connectivity index (χ1) is 13.0. The summed E-state index contributed by atoms with van der Waals surface area (Å²) < 4.78 is 26.9. The van der Waals surface area contributed by atoms with Crippen LogP contribution in [0.2, 0.25) is 0 Å². The van der Waals surface area contributed by atoms with Crippen LogP contribution in [-0.4, -0.2) is 31.7 Å². The van der Waals surface area contributed by atoms with E-state index in [0.29, 0.717) is 18.8 Å². The number of carbonyl (C=O) groups excluding carboxylic acids is 1. The SMILES string of the molecule is CC/C(=C\C(=O)Nc1cccc(S(=O)(=O)N2CCCC2)c1)c1ccccc1. The largest absolute Gasteiger partial charge is 0.322 e. The summed E-state index contributed by atoms with van der Waals surface area (Å²) in [4.78, 5) is 12.6. The van der Waals surface area contributed by atoms with Crippen molar-refractivity contribution in [2.24, 2.45) is 0 Å². The molecule has 6 heteroatoms. The van der Waals surface area contributed by atoms with Gasteiger partial charge in [-0.05, 0) is 48.6 Å². The number of carbonyl (C=O) groups is 1. The molecule has 1 N–H and O–H groups in total. The molecule has 2 aromatic carbocycles. The number of nitrogens with one attached hydrogen (secondary N) is 1. The topological polar surface area (TPSA) is 66.5 Å². The number of nitrogens with zero attached hydrogens (tertiary/aromatic N) is 1. The van der Waals surface area contributed by atoms with Crippen molar-refractivity contribution in [3.8, 4) is 0 Å². The zero-order chi connectivity index (χ0) is 19.3. The number of anilines is 1. The molecule has 1 amide bonds. The average Bonchev–Trinajstić information content (AvgIpc) is 3.23. The fraction of sp³-hybridized carbons (Fsp3) is 0.286. The molecule has 1 saturated heterocycles. The molecule has 1 fully saturated rings. The van der Waals surface area contributed by atoms with Crippen molar-refractivity contribution >= 4 is 27.2 Å². The molecule has 0 bridgehead atoms. The van der Waals surface area contributed by atoms with Crippen molar-refractivity contribution in [3.63, 3.8) is 0 Å². The number of sulfonamides is 1. The van der Waals surface area contributed by atoms with Crippen molar-refractivity contribution in [1.29, 1.82) is 0 Å². The van der Waals surface area contributed by atoms with Gasteiger partial charge in [0, 0.05) is 24.9 Å². The van der Waals surface area contributed by atoms with Crippen LogP contribution in [0.5, 0.6) is 0 Å². The van der Waals surface area contributed by atoms with E-state index >= 15 is 0 Å². The maximum Gasteiger partial charge on any atom is 0.248 e. The lowest BCUT2D eigenvalue weighted by Gasteiger charge is -2.16. The summed E-state index contributed by atoms with van der Waals surface area (Å²) >= 11 is 0.